The van der Waals surface area contributed by atoms with Crippen LogP contribution >= 0.6 is 0 Å². The van der Waals surface area contributed by atoms with Gasteiger partial charge < -0.3 is 0 Å². The first-order valence-corrected chi connectivity index (χ1v) is 4.70. The van der Waals surface area contributed by atoms with E-state index in [4.69, 9.17) is 0 Å². The molecule has 1 heterocycles. The molecule has 0 aromatic heterocycles. The van der Waals surface area contributed by atoms with Crippen molar-refractivity contribution in [3.8, 4) is 0 Å². The number of rotatable bonds is 0. The first kappa shape index (κ1) is 10.9. The van der Waals surface area contributed by atoms with Crippen LogP contribution in [0, 0.1) is 0 Å². The second-order valence-corrected chi connectivity index (χ2v) is 5.60. The van der Waals surface area contributed by atoms with Crippen LogP contribution in [0.25, 0.3) is 0 Å². The molecular weight excluding hydrogens is 172 g/mol. The van der Waals surface area contributed by atoms with E-state index in [1.807, 2.05) is 39.5 Å². The van der Waals surface area contributed by atoms with Crippen molar-refractivity contribution in [1.82, 2.24) is 4.90 Å². The zero-order valence-electron chi connectivity index (χ0n) is 9.12. The number of hydrogen-bond donors (Lipinski definition) is 0. The Kier molecular flexibility index (Phi) is 2.23. The summed E-state index contributed by atoms with van der Waals surface area (Å²) in [6.07, 6.45) is -0.0305. The number of alkyl halides is 2. The Balaban J connectivity index is 2.89. The first-order chi connectivity index (χ1) is 5.55. The normalized spacial score (nSPS) is 27.9. The molecule has 3 heteroatoms. The van der Waals surface area contributed by atoms with E-state index in [2.05, 4.69) is 0 Å². The van der Waals surface area contributed by atoms with Gasteiger partial charge in [0.2, 0.25) is 0 Å². The number of likely N-dealkylation sites (tertiary alicyclic amines) is 1. The van der Waals surface area contributed by atoms with Gasteiger partial charge in [0.1, 0.15) is 0 Å². The molecule has 1 rings (SSSR count). The highest BCUT2D eigenvalue weighted by Gasteiger charge is 2.52. The number of nitrogens with zero attached hydrogens (tertiary/aromatic N) is 1. The fourth-order valence-electron chi connectivity index (χ4n) is 2.37. The Bertz CT molecular complexity index is 203. The fourth-order valence-corrected chi connectivity index (χ4v) is 2.37. The molecule has 78 valence electrons. The van der Waals surface area contributed by atoms with Crippen LogP contribution in [0.4, 0.5) is 8.78 Å². The lowest BCUT2D eigenvalue weighted by atomic mass is 9.96. The van der Waals surface area contributed by atoms with Gasteiger partial charge in [0.25, 0.3) is 5.92 Å². The third kappa shape index (κ3) is 2.19. The van der Waals surface area contributed by atoms with Crippen molar-refractivity contribution < 1.29 is 8.78 Å². The minimum Gasteiger partial charge on any atom is -0.287 e. The minimum atomic E-state index is -2.52. The average Bonchev–Trinajstić information content (AvgIpc) is 1.97. The summed E-state index contributed by atoms with van der Waals surface area (Å²) >= 11 is 0. The molecule has 0 spiro atoms. The molecule has 13 heavy (non-hydrogen) atoms. The molecule has 0 aliphatic carbocycles. The van der Waals surface area contributed by atoms with Gasteiger partial charge in [-0.25, -0.2) is 8.78 Å². The van der Waals surface area contributed by atoms with Crippen molar-refractivity contribution in [2.24, 2.45) is 0 Å². The summed E-state index contributed by atoms with van der Waals surface area (Å²) in [5.74, 6) is -2.52. The standard InChI is InChI=1S/C10H19F2N/c1-8(2,3)13-7-10(11,12)6-9(13,4)5/h6-7H2,1-5H3. The zero-order chi connectivity index (χ0) is 10.5. The average molecular weight is 191 g/mol. The second kappa shape index (κ2) is 2.66. The van der Waals surface area contributed by atoms with E-state index in [0.29, 0.717) is 0 Å². The molecule has 0 bridgehead atoms. The molecule has 1 nitrogen and oxygen atoms in total. The van der Waals surface area contributed by atoms with Gasteiger partial charge >= 0.3 is 0 Å². The Hall–Kier alpha value is -0.180. The summed E-state index contributed by atoms with van der Waals surface area (Å²) in [4.78, 5) is 1.89. The van der Waals surface area contributed by atoms with Crippen LogP contribution in [0.1, 0.15) is 41.0 Å². The van der Waals surface area contributed by atoms with Crippen molar-refractivity contribution in [2.75, 3.05) is 6.54 Å². The Morgan fingerprint density at radius 2 is 1.62 bits per heavy atom. The maximum absolute atomic E-state index is 13.2. The summed E-state index contributed by atoms with van der Waals surface area (Å²) in [5, 5.41) is 0. The predicted octanol–water partition coefficient (Wildman–Crippen LogP) is 2.90. The van der Waals surface area contributed by atoms with Gasteiger partial charge in [-0.2, -0.15) is 0 Å². The minimum absolute atomic E-state index is 0.0305. The fraction of sp³-hybridized carbons (Fsp3) is 1.00. The summed E-state index contributed by atoms with van der Waals surface area (Å²) in [7, 11) is 0. The molecule has 0 atom stereocenters. The molecular formula is C10H19F2N. The highest BCUT2D eigenvalue weighted by Crippen LogP contribution is 2.42. The van der Waals surface area contributed by atoms with E-state index >= 15 is 0 Å². The lowest BCUT2D eigenvalue weighted by Gasteiger charge is -2.41. The quantitative estimate of drug-likeness (QED) is 0.569. The van der Waals surface area contributed by atoms with Crippen LogP contribution in [0.3, 0.4) is 0 Å². The van der Waals surface area contributed by atoms with Gasteiger partial charge in [0.15, 0.2) is 0 Å². The van der Waals surface area contributed by atoms with Crippen LogP contribution in [-0.4, -0.2) is 28.4 Å². The molecule has 0 saturated carbocycles. The number of hydrogen-bond acceptors (Lipinski definition) is 1. The van der Waals surface area contributed by atoms with Gasteiger partial charge in [0, 0.05) is 17.5 Å². The molecule has 1 aliphatic rings. The van der Waals surface area contributed by atoms with Gasteiger partial charge in [0.05, 0.1) is 6.54 Å². The molecule has 0 radical (unpaired) electrons. The van der Waals surface area contributed by atoms with Crippen LogP contribution in [-0.2, 0) is 0 Å². The van der Waals surface area contributed by atoms with Crippen molar-refractivity contribution >= 4 is 0 Å². The van der Waals surface area contributed by atoms with E-state index in [9.17, 15) is 8.78 Å². The van der Waals surface area contributed by atoms with Crippen LogP contribution < -0.4 is 0 Å². The molecule has 0 aromatic rings. The van der Waals surface area contributed by atoms with E-state index in [1.54, 1.807) is 0 Å². The molecule has 0 unspecified atom stereocenters. The largest absolute Gasteiger partial charge is 0.287 e. The first-order valence-electron chi connectivity index (χ1n) is 4.70. The van der Waals surface area contributed by atoms with Gasteiger partial charge in [-0.15, -0.1) is 0 Å². The zero-order valence-corrected chi connectivity index (χ0v) is 9.12. The van der Waals surface area contributed by atoms with Crippen LogP contribution in [0.15, 0.2) is 0 Å². The maximum Gasteiger partial charge on any atom is 0.262 e. The highest BCUT2D eigenvalue weighted by molar-refractivity contribution is 5.01. The Morgan fingerprint density at radius 3 is 1.77 bits per heavy atom. The molecule has 0 aromatic carbocycles. The Labute approximate surface area is 79.1 Å². The molecule has 1 fully saturated rings. The van der Waals surface area contributed by atoms with Crippen molar-refractivity contribution in [3.05, 3.63) is 0 Å². The summed E-state index contributed by atoms with van der Waals surface area (Å²) in [6.45, 7) is 9.62. The second-order valence-electron chi connectivity index (χ2n) is 5.60. The van der Waals surface area contributed by atoms with Crippen LogP contribution in [0.5, 0.6) is 0 Å². The van der Waals surface area contributed by atoms with Crippen molar-refractivity contribution in [3.63, 3.8) is 0 Å². The van der Waals surface area contributed by atoms with Crippen molar-refractivity contribution in [2.45, 2.75) is 58.0 Å². The van der Waals surface area contributed by atoms with Gasteiger partial charge in [-0.3, -0.25) is 4.90 Å². The van der Waals surface area contributed by atoms with E-state index in [-0.39, 0.29) is 24.0 Å². The van der Waals surface area contributed by atoms with Gasteiger partial charge in [-0.05, 0) is 34.6 Å². The van der Waals surface area contributed by atoms with Crippen LogP contribution in [0.2, 0.25) is 0 Å². The van der Waals surface area contributed by atoms with Gasteiger partial charge in [-0.1, -0.05) is 0 Å². The summed E-state index contributed by atoms with van der Waals surface area (Å²) in [5.41, 5.74) is -0.564. The lowest BCUT2D eigenvalue weighted by molar-refractivity contribution is 0.000538. The number of halogens is 2. The maximum atomic E-state index is 13.2. The van der Waals surface area contributed by atoms with E-state index < -0.39 is 5.92 Å². The Morgan fingerprint density at radius 1 is 1.15 bits per heavy atom. The monoisotopic (exact) mass is 191 g/mol. The third-order valence-corrected chi connectivity index (χ3v) is 2.62. The lowest BCUT2D eigenvalue weighted by Crippen LogP contribution is -2.50. The summed E-state index contributed by atoms with van der Waals surface area (Å²) < 4.78 is 26.4. The smallest absolute Gasteiger partial charge is 0.262 e. The SMILES string of the molecule is CC(C)(C)N1CC(F)(F)CC1(C)C. The molecule has 1 aliphatic heterocycles. The molecule has 0 amide bonds. The third-order valence-electron chi connectivity index (χ3n) is 2.62. The predicted molar refractivity (Wildman–Crippen MR) is 50.1 cm³/mol. The topological polar surface area (TPSA) is 3.24 Å². The summed E-state index contributed by atoms with van der Waals surface area (Å²) in [6, 6.07) is 0. The highest BCUT2D eigenvalue weighted by atomic mass is 19.3. The van der Waals surface area contributed by atoms with Crippen molar-refractivity contribution in [1.29, 1.82) is 0 Å². The molecule has 1 saturated heterocycles. The van der Waals surface area contributed by atoms with E-state index in [0.717, 1.165) is 0 Å². The molecule has 0 N–H and O–H groups in total. The van der Waals surface area contributed by atoms with E-state index in [1.165, 1.54) is 0 Å².